The van der Waals surface area contributed by atoms with Crippen molar-refractivity contribution < 1.29 is 23.7 Å². The molecule has 1 heterocycles. The number of benzene rings is 1. The van der Waals surface area contributed by atoms with Gasteiger partial charge in [0.15, 0.2) is 0 Å². The molecule has 0 N–H and O–H groups in total. The fourth-order valence-corrected chi connectivity index (χ4v) is 2.38. The van der Waals surface area contributed by atoms with Crippen molar-refractivity contribution in [2.24, 2.45) is 5.92 Å². The van der Waals surface area contributed by atoms with Crippen LogP contribution in [0.25, 0.3) is 5.76 Å². The van der Waals surface area contributed by atoms with Crippen LogP contribution in [0.1, 0.15) is 19.4 Å². The van der Waals surface area contributed by atoms with Crippen LogP contribution >= 0.6 is 0 Å². The highest BCUT2D eigenvalue weighted by molar-refractivity contribution is 5.85. The molecule has 1 aliphatic rings. The van der Waals surface area contributed by atoms with Crippen molar-refractivity contribution in [1.82, 2.24) is 0 Å². The number of esters is 1. The van der Waals surface area contributed by atoms with Crippen LogP contribution in [0, 0.1) is 5.92 Å². The van der Waals surface area contributed by atoms with Crippen LogP contribution in [0.4, 0.5) is 0 Å². The third-order valence-electron chi connectivity index (χ3n) is 3.58. The molecule has 114 valence electrons. The summed E-state index contributed by atoms with van der Waals surface area (Å²) in [5, 5.41) is 0. The van der Waals surface area contributed by atoms with Gasteiger partial charge < -0.3 is 18.9 Å². The largest absolute Gasteiger partial charge is 0.496 e. The van der Waals surface area contributed by atoms with Gasteiger partial charge in [0.2, 0.25) is 0 Å². The van der Waals surface area contributed by atoms with Gasteiger partial charge in [-0.2, -0.15) is 0 Å². The number of carbonyl (C=O) groups is 1. The standard InChI is InChI=1S/C16H20O5/c1-16(2)10(15(17)21-16)9-13(20-5)14-11(18-3)7-6-8-12(14)19-4/h6-10H,1-5H3/b13-9-. The summed E-state index contributed by atoms with van der Waals surface area (Å²) < 4.78 is 21.3. The highest BCUT2D eigenvalue weighted by Gasteiger charge is 2.48. The Hall–Kier alpha value is -2.17. The molecule has 1 fully saturated rings. The monoisotopic (exact) mass is 292 g/mol. The number of methoxy groups -OCH3 is 3. The van der Waals surface area contributed by atoms with Crippen molar-refractivity contribution in [3.8, 4) is 11.5 Å². The molecule has 0 aromatic heterocycles. The molecule has 1 unspecified atom stereocenters. The lowest BCUT2D eigenvalue weighted by atomic mass is 9.84. The third-order valence-corrected chi connectivity index (χ3v) is 3.58. The fourth-order valence-electron chi connectivity index (χ4n) is 2.38. The van der Waals surface area contributed by atoms with Gasteiger partial charge in [0.1, 0.15) is 34.3 Å². The van der Waals surface area contributed by atoms with Gasteiger partial charge >= 0.3 is 5.97 Å². The topological polar surface area (TPSA) is 54.0 Å². The van der Waals surface area contributed by atoms with E-state index in [4.69, 9.17) is 18.9 Å². The molecule has 1 saturated heterocycles. The minimum atomic E-state index is -0.532. The Morgan fingerprint density at radius 1 is 1.19 bits per heavy atom. The van der Waals surface area contributed by atoms with E-state index >= 15 is 0 Å². The van der Waals surface area contributed by atoms with Crippen molar-refractivity contribution >= 4 is 11.7 Å². The summed E-state index contributed by atoms with van der Waals surface area (Å²) in [5.41, 5.74) is 0.149. The molecule has 5 nitrogen and oxygen atoms in total. The van der Waals surface area contributed by atoms with Crippen molar-refractivity contribution in [2.45, 2.75) is 19.4 Å². The minimum Gasteiger partial charge on any atom is -0.496 e. The van der Waals surface area contributed by atoms with Crippen molar-refractivity contribution in [3.05, 3.63) is 29.8 Å². The quantitative estimate of drug-likeness (QED) is 0.617. The summed E-state index contributed by atoms with van der Waals surface area (Å²) in [6.45, 7) is 3.73. The Bertz CT molecular complexity index is 552. The van der Waals surface area contributed by atoms with E-state index in [2.05, 4.69) is 0 Å². The second kappa shape index (κ2) is 5.68. The molecular formula is C16H20O5. The van der Waals surface area contributed by atoms with Gasteiger partial charge in [-0.3, -0.25) is 4.79 Å². The van der Waals surface area contributed by atoms with E-state index in [1.807, 2.05) is 32.0 Å². The number of hydrogen-bond acceptors (Lipinski definition) is 5. The zero-order valence-electron chi connectivity index (χ0n) is 12.9. The maximum Gasteiger partial charge on any atom is 0.317 e. The third kappa shape index (κ3) is 2.68. The van der Waals surface area contributed by atoms with E-state index in [0.29, 0.717) is 22.8 Å². The Morgan fingerprint density at radius 2 is 1.76 bits per heavy atom. The molecule has 21 heavy (non-hydrogen) atoms. The van der Waals surface area contributed by atoms with Crippen LogP contribution in [-0.2, 0) is 14.3 Å². The molecule has 1 aliphatic heterocycles. The molecule has 0 bridgehead atoms. The Morgan fingerprint density at radius 3 is 2.14 bits per heavy atom. The number of cyclic esters (lactones) is 1. The summed E-state index contributed by atoms with van der Waals surface area (Å²) in [6.07, 6.45) is 1.76. The first kappa shape index (κ1) is 15.2. The molecule has 0 saturated carbocycles. The average molecular weight is 292 g/mol. The smallest absolute Gasteiger partial charge is 0.317 e. The number of rotatable bonds is 5. The van der Waals surface area contributed by atoms with Gasteiger partial charge in [0.05, 0.1) is 21.3 Å². The first-order valence-electron chi connectivity index (χ1n) is 6.64. The highest BCUT2D eigenvalue weighted by atomic mass is 16.6. The average Bonchev–Trinajstić information content (AvgIpc) is 2.47. The Labute approximate surface area is 124 Å². The number of ether oxygens (including phenoxy) is 4. The van der Waals surface area contributed by atoms with Gasteiger partial charge in [-0.1, -0.05) is 6.07 Å². The van der Waals surface area contributed by atoms with Gasteiger partial charge in [0.25, 0.3) is 0 Å². The van der Waals surface area contributed by atoms with Crippen LogP contribution in [0.2, 0.25) is 0 Å². The van der Waals surface area contributed by atoms with Crippen LogP contribution in [0.15, 0.2) is 24.3 Å². The maximum atomic E-state index is 11.7. The summed E-state index contributed by atoms with van der Waals surface area (Å²) in [7, 11) is 4.70. The maximum absolute atomic E-state index is 11.7. The predicted octanol–water partition coefficient (Wildman–Crippen LogP) is 2.64. The van der Waals surface area contributed by atoms with Crippen molar-refractivity contribution in [2.75, 3.05) is 21.3 Å². The lowest BCUT2D eigenvalue weighted by Crippen LogP contribution is -2.52. The highest BCUT2D eigenvalue weighted by Crippen LogP contribution is 2.40. The van der Waals surface area contributed by atoms with Crippen LogP contribution in [-0.4, -0.2) is 32.9 Å². The first-order chi connectivity index (χ1) is 9.94. The van der Waals surface area contributed by atoms with Crippen LogP contribution in [0.3, 0.4) is 0 Å². The Balaban J connectivity index is 2.49. The molecule has 1 atom stereocenters. The van der Waals surface area contributed by atoms with Gasteiger partial charge in [-0.25, -0.2) is 0 Å². The fraction of sp³-hybridized carbons (Fsp3) is 0.438. The van der Waals surface area contributed by atoms with Crippen molar-refractivity contribution in [3.63, 3.8) is 0 Å². The zero-order chi connectivity index (χ0) is 15.6. The summed E-state index contributed by atoms with van der Waals surface area (Å²) in [5.74, 6) is 1.14. The lowest BCUT2D eigenvalue weighted by molar-refractivity contribution is -0.197. The van der Waals surface area contributed by atoms with Gasteiger partial charge in [0, 0.05) is 0 Å². The van der Waals surface area contributed by atoms with E-state index < -0.39 is 5.60 Å². The van der Waals surface area contributed by atoms with Gasteiger partial charge in [-0.05, 0) is 32.1 Å². The summed E-state index contributed by atoms with van der Waals surface area (Å²) in [4.78, 5) is 11.7. The number of hydrogen-bond donors (Lipinski definition) is 0. The zero-order valence-corrected chi connectivity index (χ0v) is 12.9. The minimum absolute atomic E-state index is 0.261. The van der Waals surface area contributed by atoms with Crippen LogP contribution < -0.4 is 9.47 Å². The number of carbonyl (C=O) groups excluding carboxylic acids is 1. The molecule has 0 spiro atoms. The van der Waals surface area contributed by atoms with E-state index in [0.717, 1.165) is 0 Å². The summed E-state index contributed by atoms with van der Waals surface area (Å²) >= 11 is 0. The molecule has 5 heteroatoms. The second-order valence-electron chi connectivity index (χ2n) is 5.27. The molecular weight excluding hydrogens is 272 g/mol. The van der Waals surface area contributed by atoms with E-state index in [1.54, 1.807) is 27.4 Å². The van der Waals surface area contributed by atoms with Crippen LogP contribution in [0.5, 0.6) is 11.5 Å². The SMILES string of the molecule is CO/C(=C\C1C(=O)OC1(C)C)c1c(OC)cccc1OC. The van der Waals surface area contributed by atoms with Crippen molar-refractivity contribution in [1.29, 1.82) is 0 Å². The molecule has 0 aliphatic carbocycles. The van der Waals surface area contributed by atoms with Gasteiger partial charge in [-0.15, -0.1) is 0 Å². The predicted molar refractivity (Wildman–Crippen MR) is 78.2 cm³/mol. The normalized spacial score (nSPS) is 20.3. The second-order valence-corrected chi connectivity index (χ2v) is 5.27. The molecule has 0 amide bonds. The van der Waals surface area contributed by atoms with E-state index in [1.165, 1.54) is 0 Å². The molecule has 0 radical (unpaired) electrons. The lowest BCUT2D eigenvalue weighted by Gasteiger charge is -2.41. The Kier molecular flexibility index (Phi) is 4.11. The first-order valence-corrected chi connectivity index (χ1v) is 6.64. The van der Waals surface area contributed by atoms with E-state index in [-0.39, 0.29) is 11.9 Å². The molecule has 1 aromatic rings. The molecule has 1 aromatic carbocycles. The van der Waals surface area contributed by atoms with E-state index in [9.17, 15) is 4.79 Å². The summed E-state index contributed by atoms with van der Waals surface area (Å²) in [6, 6.07) is 5.46. The molecule has 2 rings (SSSR count).